The van der Waals surface area contributed by atoms with Gasteiger partial charge in [-0.1, -0.05) is 24.3 Å². The molecular formula is C17H16F2N2O3. The SMILES string of the molecule is CCOc1cccc([C@H]2NC(=O)c3ccccc3N2)c1OC(F)F. The van der Waals surface area contributed by atoms with E-state index in [1.807, 2.05) is 0 Å². The first-order valence-electron chi connectivity index (χ1n) is 7.47. The van der Waals surface area contributed by atoms with Crippen molar-refractivity contribution in [3.8, 4) is 11.5 Å². The van der Waals surface area contributed by atoms with Crippen LogP contribution in [0.2, 0.25) is 0 Å². The van der Waals surface area contributed by atoms with Crippen molar-refractivity contribution in [1.29, 1.82) is 0 Å². The Hall–Kier alpha value is -2.83. The van der Waals surface area contributed by atoms with Gasteiger partial charge in [0, 0.05) is 11.3 Å². The Labute approximate surface area is 137 Å². The predicted octanol–water partition coefficient (Wildman–Crippen LogP) is 3.54. The van der Waals surface area contributed by atoms with E-state index in [1.165, 1.54) is 0 Å². The highest BCUT2D eigenvalue weighted by atomic mass is 19.3. The van der Waals surface area contributed by atoms with E-state index < -0.39 is 12.8 Å². The highest BCUT2D eigenvalue weighted by Gasteiger charge is 2.28. The minimum atomic E-state index is -3.00. The quantitative estimate of drug-likeness (QED) is 0.878. The zero-order valence-electron chi connectivity index (χ0n) is 12.9. The average Bonchev–Trinajstić information content (AvgIpc) is 2.56. The summed E-state index contributed by atoms with van der Waals surface area (Å²) in [5.41, 5.74) is 1.48. The molecule has 5 nitrogen and oxygen atoms in total. The van der Waals surface area contributed by atoms with Gasteiger partial charge in [-0.3, -0.25) is 4.79 Å². The van der Waals surface area contributed by atoms with Crippen molar-refractivity contribution in [2.45, 2.75) is 19.7 Å². The third-order valence-electron chi connectivity index (χ3n) is 3.57. The molecule has 2 aromatic rings. The topological polar surface area (TPSA) is 59.6 Å². The fourth-order valence-electron chi connectivity index (χ4n) is 2.61. The van der Waals surface area contributed by atoms with E-state index in [0.29, 0.717) is 23.4 Å². The molecule has 1 amide bonds. The van der Waals surface area contributed by atoms with Crippen molar-refractivity contribution in [3.63, 3.8) is 0 Å². The van der Waals surface area contributed by atoms with Crippen LogP contribution in [0.25, 0.3) is 0 Å². The first-order valence-corrected chi connectivity index (χ1v) is 7.47. The monoisotopic (exact) mass is 334 g/mol. The molecule has 24 heavy (non-hydrogen) atoms. The van der Waals surface area contributed by atoms with E-state index in [1.54, 1.807) is 49.4 Å². The molecule has 1 atom stereocenters. The maximum atomic E-state index is 12.8. The van der Waals surface area contributed by atoms with Crippen LogP contribution in [-0.2, 0) is 0 Å². The van der Waals surface area contributed by atoms with Crippen molar-refractivity contribution in [1.82, 2.24) is 5.32 Å². The summed E-state index contributed by atoms with van der Waals surface area (Å²) in [4.78, 5) is 12.2. The Morgan fingerprint density at radius 3 is 2.67 bits per heavy atom. The van der Waals surface area contributed by atoms with Crippen LogP contribution in [0.1, 0.15) is 29.0 Å². The molecule has 0 saturated carbocycles. The number of halogens is 2. The Balaban J connectivity index is 2.00. The van der Waals surface area contributed by atoms with Crippen LogP contribution in [0.5, 0.6) is 11.5 Å². The summed E-state index contributed by atoms with van der Waals surface area (Å²) in [5.74, 6) is -0.184. The van der Waals surface area contributed by atoms with Gasteiger partial charge < -0.3 is 20.1 Å². The van der Waals surface area contributed by atoms with E-state index in [9.17, 15) is 13.6 Å². The number of carbonyl (C=O) groups excluding carboxylic acids is 1. The molecule has 1 heterocycles. The van der Waals surface area contributed by atoms with Gasteiger partial charge in [-0.2, -0.15) is 8.78 Å². The third-order valence-corrected chi connectivity index (χ3v) is 3.57. The number of anilines is 1. The molecule has 126 valence electrons. The molecule has 0 spiro atoms. The average molecular weight is 334 g/mol. The van der Waals surface area contributed by atoms with Gasteiger partial charge in [-0.25, -0.2) is 0 Å². The number of ether oxygens (including phenoxy) is 2. The van der Waals surface area contributed by atoms with Gasteiger partial charge in [0.1, 0.15) is 6.17 Å². The molecule has 0 saturated heterocycles. The second-order valence-corrected chi connectivity index (χ2v) is 5.08. The molecule has 0 fully saturated rings. The van der Waals surface area contributed by atoms with Crippen LogP contribution in [0.4, 0.5) is 14.5 Å². The summed E-state index contributed by atoms with van der Waals surface area (Å²) < 4.78 is 35.7. The predicted molar refractivity (Wildman–Crippen MR) is 84.5 cm³/mol. The summed E-state index contributed by atoms with van der Waals surface area (Å²) in [5, 5.41) is 5.86. The number of benzene rings is 2. The lowest BCUT2D eigenvalue weighted by Crippen LogP contribution is -2.38. The zero-order valence-corrected chi connectivity index (χ0v) is 12.9. The van der Waals surface area contributed by atoms with Crippen molar-refractivity contribution >= 4 is 11.6 Å². The Morgan fingerprint density at radius 2 is 1.92 bits per heavy atom. The maximum absolute atomic E-state index is 12.8. The van der Waals surface area contributed by atoms with Crippen LogP contribution in [-0.4, -0.2) is 19.1 Å². The summed E-state index contributed by atoms with van der Waals surface area (Å²) >= 11 is 0. The maximum Gasteiger partial charge on any atom is 0.387 e. The smallest absolute Gasteiger partial charge is 0.387 e. The fourth-order valence-corrected chi connectivity index (χ4v) is 2.61. The standard InChI is InChI=1S/C17H16F2N2O3/c1-2-23-13-9-5-7-11(14(13)24-17(18)19)15-20-12-8-4-3-6-10(12)16(22)21-15/h3-9,15,17,20H,2H2,1H3,(H,21,22)/t15-/m1/s1. The van der Waals surface area contributed by atoms with E-state index in [0.717, 1.165) is 0 Å². The molecule has 2 N–H and O–H groups in total. The van der Waals surface area contributed by atoms with Crippen LogP contribution in [0, 0.1) is 0 Å². The molecular weight excluding hydrogens is 318 g/mol. The van der Waals surface area contributed by atoms with Gasteiger partial charge in [0.05, 0.1) is 12.2 Å². The second kappa shape index (κ2) is 6.74. The van der Waals surface area contributed by atoms with Gasteiger partial charge in [-0.05, 0) is 25.1 Å². The number of hydrogen-bond acceptors (Lipinski definition) is 4. The van der Waals surface area contributed by atoms with Gasteiger partial charge in [0.15, 0.2) is 11.5 Å². The normalized spacial score (nSPS) is 16.2. The van der Waals surface area contributed by atoms with Gasteiger partial charge >= 0.3 is 6.61 Å². The highest BCUT2D eigenvalue weighted by Crippen LogP contribution is 2.38. The number of nitrogens with one attached hydrogen (secondary N) is 2. The van der Waals surface area contributed by atoms with E-state index in [-0.39, 0.29) is 17.4 Å². The number of carbonyl (C=O) groups is 1. The lowest BCUT2D eigenvalue weighted by molar-refractivity contribution is -0.0522. The lowest BCUT2D eigenvalue weighted by atomic mass is 10.0. The van der Waals surface area contributed by atoms with Crippen molar-refractivity contribution in [2.75, 3.05) is 11.9 Å². The largest absolute Gasteiger partial charge is 0.490 e. The first-order chi connectivity index (χ1) is 11.6. The highest BCUT2D eigenvalue weighted by molar-refractivity contribution is 6.01. The molecule has 3 rings (SSSR count). The summed E-state index contributed by atoms with van der Waals surface area (Å²) in [6.45, 7) is -0.955. The number of amides is 1. The van der Waals surface area contributed by atoms with Crippen LogP contribution >= 0.6 is 0 Å². The molecule has 0 aliphatic carbocycles. The summed E-state index contributed by atoms with van der Waals surface area (Å²) in [6, 6.07) is 11.8. The Bertz CT molecular complexity index is 752. The second-order valence-electron chi connectivity index (χ2n) is 5.08. The van der Waals surface area contributed by atoms with E-state index >= 15 is 0 Å². The fraction of sp³-hybridized carbons (Fsp3) is 0.235. The third kappa shape index (κ3) is 3.10. The lowest BCUT2D eigenvalue weighted by Gasteiger charge is -2.29. The number of hydrogen-bond donors (Lipinski definition) is 2. The zero-order chi connectivity index (χ0) is 17.1. The number of alkyl halides is 2. The number of para-hydroxylation sites is 2. The van der Waals surface area contributed by atoms with E-state index in [4.69, 9.17) is 4.74 Å². The minimum absolute atomic E-state index is 0.0912. The van der Waals surface area contributed by atoms with Crippen LogP contribution in [0.3, 0.4) is 0 Å². The molecule has 1 aliphatic rings. The van der Waals surface area contributed by atoms with Crippen molar-refractivity contribution < 1.29 is 23.0 Å². The molecule has 0 aromatic heterocycles. The molecule has 0 bridgehead atoms. The number of fused-ring (bicyclic) bond motifs is 1. The van der Waals surface area contributed by atoms with Gasteiger partial charge in [0.25, 0.3) is 5.91 Å². The van der Waals surface area contributed by atoms with Crippen LogP contribution < -0.4 is 20.1 Å². The van der Waals surface area contributed by atoms with Gasteiger partial charge in [-0.15, -0.1) is 0 Å². The molecule has 2 aromatic carbocycles. The minimum Gasteiger partial charge on any atom is -0.490 e. The van der Waals surface area contributed by atoms with Crippen molar-refractivity contribution in [3.05, 3.63) is 53.6 Å². The number of rotatable bonds is 5. The van der Waals surface area contributed by atoms with E-state index in [2.05, 4.69) is 15.4 Å². The van der Waals surface area contributed by atoms with Crippen LogP contribution in [0.15, 0.2) is 42.5 Å². The Kier molecular flexibility index (Phi) is 4.50. The molecule has 0 radical (unpaired) electrons. The molecule has 1 aliphatic heterocycles. The molecule has 7 heteroatoms. The molecule has 0 unspecified atom stereocenters. The Morgan fingerprint density at radius 1 is 1.12 bits per heavy atom. The van der Waals surface area contributed by atoms with Gasteiger partial charge in [0.2, 0.25) is 0 Å². The van der Waals surface area contributed by atoms with Crippen molar-refractivity contribution in [2.24, 2.45) is 0 Å². The summed E-state index contributed by atoms with van der Waals surface area (Å²) in [7, 11) is 0. The first kappa shape index (κ1) is 16.0. The summed E-state index contributed by atoms with van der Waals surface area (Å²) in [6.07, 6.45) is -0.707.